The molecule has 0 unspecified atom stereocenters. The molecule has 6 nitrogen and oxygen atoms in total. The number of likely N-dealkylation sites (tertiary alicyclic amines) is 1. The predicted molar refractivity (Wildman–Crippen MR) is 119 cm³/mol. The van der Waals surface area contributed by atoms with Crippen LogP contribution in [0.1, 0.15) is 34.1 Å². The van der Waals surface area contributed by atoms with Crippen molar-refractivity contribution in [2.75, 3.05) is 13.1 Å². The molecular formula is C24H21ClN4O2. The first-order valence-electron chi connectivity index (χ1n) is 10.2. The number of carbonyl (C=O) groups excluding carboxylic acids is 1. The van der Waals surface area contributed by atoms with E-state index in [1.165, 1.54) is 0 Å². The highest BCUT2D eigenvalue weighted by Gasteiger charge is 2.29. The summed E-state index contributed by atoms with van der Waals surface area (Å²) >= 11 is 5.90. The number of carbonyl (C=O) groups is 1. The second-order valence-corrected chi connectivity index (χ2v) is 8.14. The Labute approximate surface area is 184 Å². The zero-order valence-electron chi connectivity index (χ0n) is 16.8. The van der Waals surface area contributed by atoms with Gasteiger partial charge in [0.05, 0.1) is 16.9 Å². The minimum Gasteiger partial charge on any atom is -0.487 e. The first kappa shape index (κ1) is 19.6. The summed E-state index contributed by atoms with van der Waals surface area (Å²) in [4.78, 5) is 19.2. The third-order valence-electron chi connectivity index (χ3n) is 5.60. The maximum Gasteiger partial charge on any atom is 0.253 e. The molecule has 31 heavy (non-hydrogen) atoms. The second-order valence-electron chi connectivity index (χ2n) is 7.71. The van der Waals surface area contributed by atoms with Gasteiger partial charge in [-0.2, -0.15) is 5.10 Å². The molecule has 1 N–H and O–H groups in total. The van der Waals surface area contributed by atoms with Crippen LogP contribution in [0.4, 0.5) is 0 Å². The van der Waals surface area contributed by atoms with Crippen molar-refractivity contribution in [2.24, 2.45) is 0 Å². The van der Waals surface area contributed by atoms with Gasteiger partial charge < -0.3 is 9.64 Å². The van der Waals surface area contributed by atoms with Crippen LogP contribution in [0, 0.1) is 0 Å². The number of rotatable bonds is 5. The van der Waals surface area contributed by atoms with Gasteiger partial charge in [0.2, 0.25) is 0 Å². The van der Waals surface area contributed by atoms with Gasteiger partial charge in [-0.3, -0.25) is 14.9 Å². The number of halogens is 1. The average Bonchev–Trinajstić information content (AvgIpc) is 3.48. The third-order valence-corrected chi connectivity index (χ3v) is 5.85. The van der Waals surface area contributed by atoms with E-state index in [1.54, 1.807) is 18.3 Å². The molecule has 4 aromatic rings. The molecule has 2 aromatic carbocycles. The summed E-state index contributed by atoms with van der Waals surface area (Å²) in [6.07, 6.45) is 2.65. The molecular weight excluding hydrogens is 412 g/mol. The number of ether oxygens (including phenoxy) is 1. The maximum atomic E-state index is 13.0. The lowest BCUT2D eigenvalue weighted by Crippen LogP contribution is -2.28. The van der Waals surface area contributed by atoms with Gasteiger partial charge >= 0.3 is 0 Å². The molecule has 1 aliphatic heterocycles. The summed E-state index contributed by atoms with van der Waals surface area (Å²) in [6, 6.07) is 18.8. The van der Waals surface area contributed by atoms with Crippen LogP contribution in [0.5, 0.6) is 5.75 Å². The van der Waals surface area contributed by atoms with Crippen LogP contribution in [0.2, 0.25) is 5.02 Å². The minimum absolute atomic E-state index is 0.0510. The minimum atomic E-state index is 0.0510. The molecule has 0 radical (unpaired) electrons. The Hall–Kier alpha value is -3.38. The maximum absolute atomic E-state index is 13.0. The standard InChI is InChI=1S/C24H21ClN4O2/c25-19-4-6-21(7-5-19)31-15-20-13-23(28-27-20)18-9-11-29(14-18)24(30)17-3-8-22-16(12-17)2-1-10-26-22/h1-8,10,12-13,18H,9,11,14-15H2,(H,27,28)/t18-/m1/s1. The van der Waals surface area contributed by atoms with Crippen molar-refractivity contribution in [2.45, 2.75) is 18.9 Å². The molecule has 0 spiro atoms. The van der Waals surface area contributed by atoms with Gasteiger partial charge in [0, 0.05) is 41.2 Å². The molecule has 1 saturated heterocycles. The van der Waals surface area contributed by atoms with Gasteiger partial charge in [0.1, 0.15) is 12.4 Å². The summed E-state index contributed by atoms with van der Waals surface area (Å²) in [7, 11) is 0. The number of amides is 1. The normalized spacial score (nSPS) is 16.0. The van der Waals surface area contributed by atoms with Crippen molar-refractivity contribution in [3.05, 3.63) is 88.8 Å². The van der Waals surface area contributed by atoms with E-state index >= 15 is 0 Å². The predicted octanol–water partition coefficient (Wildman–Crippen LogP) is 4.82. The van der Waals surface area contributed by atoms with Gasteiger partial charge in [-0.05, 0) is 61.0 Å². The van der Waals surface area contributed by atoms with Gasteiger partial charge in [-0.15, -0.1) is 0 Å². The smallest absolute Gasteiger partial charge is 0.253 e. The highest BCUT2D eigenvalue weighted by Crippen LogP contribution is 2.28. The Morgan fingerprint density at radius 2 is 2.03 bits per heavy atom. The molecule has 0 saturated carbocycles. The Morgan fingerprint density at radius 3 is 2.90 bits per heavy atom. The SMILES string of the molecule is O=C(c1ccc2ncccc2c1)N1CC[C@@H](c2cc(COc3ccc(Cl)cc3)[nH]n2)C1. The Bertz CT molecular complexity index is 1220. The molecule has 156 valence electrons. The van der Waals surface area contributed by atoms with Crippen molar-refractivity contribution in [3.63, 3.8) is 0 Å². The number of fused-ring (bicyclic) bond motifs is 1. The summed E-state index contributed by atoms with van der Waals surface area (Å²) in [5.74, 6) is 1.02. The number of hydrogen-bond acceptors (Lipinski definition) is 4. The first-order chi connectivity index (χ1) is 15.2. The first-order valence-corrected chi connectivity index (χ1v) is 10.6. The second kappa shape index (κ2) is 8.40. The monoisotopic (exact) mass is 432 g/mol. The Kier molecular flexibility index (Phi) is 5.30. The fraction of sp³-hybridized carbons (Fsp3) is 0.208. The molecule has 0 aliphatic carbocycles. The van der Waals surface area contributed by atoms with E-state index in [9.17, 15) is 4.79 Å². The zero-order chi connectivity index (χ0) is 21.2. The largest absolute Gasteiger partial charge is 0.487 e. The lowest BCUT2D eigenvalue weighted by Gasteiger charge is -2.16. The van der Waals surface area contributed by atoms with Crippen LogP contribution in [-0.4, -0.2) is 39.1 Å². The van der Waals surface area contributed by atoms with E-state index in [-0.39, 0.29) is 11.8 Å². The van der Waals surface area contributed by atoms with Gasteiger partial charge in [0.25, 0.3) is 5.91 Å². The number of aromatic nitrogens is 3. The summed E-state index contributed by atoms with van der Waals surface area (Å²) < 4.78 is 5.78. The molecule has 1 aliphatic rings. The van der Waals surface area contributed by atoms with E-state index < -0.39 is 0 Å². The van der Waals surface area contributed by atoms with Crippen LogP contribution in [0.25, 0.3) is 10.9 Å². The number of nitrogens with zero attached hydrogens (tertiary/aromatic N) is 3. The molecule has 1 fully saturated rings. The van der Waals surface area contributed by atoms with Gasteiger partial charge in [-0.1, -0.05) is 17.7 Å². The van der Waals surface area contributed by atoms with Crippen LogP contribution < -0.4 is 4.74 Å². The van der Waals surface area contributed by atoms with Crippen molar-refractivity contribution in [1.82, 2.24) is 20.1 Å². The van der Waals surface area contributed by atoms with Crippen molar-refractivity contribution < 1.29 is 9.53 Å². The van der Waals surface area contributed by atoms with E-state index in [0.29, 0.717) is 23.7 Å². The summed E-state index contributed by atoms with van der Waals surface area (Å²) in [5.41, 5.74) is 3.45. The average molecular weight is 433 g/mol. The van der Waals surface area contributed by atoms with E-state index in [1.807, 2.05) is 53.4 Å². The fourth-order valence-corrected chi connectivity index (χ4v) is 4.06. The lowest BCUT2D eigenvalue weighted by molar-refractivity contribution is 0.0791. The Balaban J connectivity index is 1.22. The number of aromatic amines is 1. The fourth-order valence-electron chi connectivity index (χ4n) is 3.93. The van der Waals surface area contributed by atoms with Gasteiger partial charge in [0.15, 0.2) is 0 Å². The number of pyridine rings is 1. The number of benzene rings is 2. The Morgan fingerprint density at radius 1 is 1.16 bits per heavy atom. The van der Waals surface area contributed by atoms with E-state index in [0.717, 1.165) is 41.0 Å². The molecule has 1 amide bonds. The van der Waals surface area contributed by atoms with Crippen LogP contribution >= 0.6 is 11.6 Å². The van der Waals surface area contributed by atoms with Crippen LogP contribution in [0.3, 0.4) is 0 Å². The van der Waals surface area contributed by atoms with Gasteiger partial charge in [-0.25, -0.2) is 0 Å². The molecule has 5 rings (SSSR count). The molecule has 1 atom stereocenters. The van der Waals surface area contributed by atoms with Crippen molar-refractivity contribution in [1.29, 1.82) is 0 Å². The molecule has 3 heterocycles. The number of H-pyrrole nitrogens is 1. The van der Waals surface area contributed by atoms with Crippen molar-refractivity contribution >= 4 is 28.4 Å². The molecule has 2 aromatic heterocycles. The third kappa shape index (κ3) is 4.25. The lowest BCUT2D eigenvalue weighted by atomic mass is 10.1. The van der Waals surface area contributed by atoms with E-state index in [4.69, 9.17) is 16.3 Å². The number of hydrogen-bond donors (Lipinski definition) is 1. The highest BCUT2D eigenvalue weighted by molar-refractivity contribution is 6.30. The quantitative estimate of drug-likeness (QED) is 0.490. The summed E-state index contributed by atoms with van der Waals surface area (Å²) in [6.45, 7) is 1.78. The highest BCUT2D eigenvalue weighted by atomic mass is 35.5. The van der Waals surface area contributed by atoms with Crippen LogP contribution in [-0.2, 0) is 6.61 Å². The summed E-state index contributed by atoms with van der Waals surface area (Å²) in [5, 5.41) is 9.16. The topological polar surface area (TPSA) is 71.1 Å². The number of nitrogens with one attached hydrogen (secondary N) is 1. The van der Waals surface area contributed by atoms with E-state index in [2.05, 4.69) is 15.2 Å². The van der Waals surface area contributed by atoms with Crippen LogP contribution in [0.15, 0.2) is 66.9 Å². The zero-order valence-corrected chi connectivity index (χ0v) is 17.5. The molecule has 7 heteroatoms. The van der Waals surface area contributed by atoms with Crippen molar-refractivity contribution in [3.8, 4) is 5.75 Å². The molecule has 0 bridgehead atoms.